The number of hydrogen-bond acceptors (Lipinski definition) is 3. The standard InChI is InChI=1S/C16H12ClN3O/c17-14-8-11(6-7-15(14)18)16(21)12-9-19-20(10-12)13-4-2-1-3-5-13/h1-10H,18H2. The van der Waals surface area contributed by atoms with E-state index in [9.17, 15) is 4.79 Å². The first kappa shape index (κ1) is 13.4. The van der Waals surface area contributed by atoms with E-state index in [1.54, 1.807) is 35.3 Å². The Kier molecular flexibility index (Phi) is 3.46. The fourth-order valence-electron chi connectivity index (χ4n) is 2.00. The average molecular weight is 298 g/mol. The van der Waals surface area contributed by atoms with Gasteiger partial charge < -0.3 is 5.73 Å². The van der Waals surface area contributed by atoms with Crippen LogP contribution in [-0.4, -0.2) is 15.6 Å². The second-order valence-corrected chi connectivity index (χ2v) is 4.98. The van der Waals surface area contributed by atoms with Crippen LogP contribution < -0.4 is 5.73 Å². The van der Waals surface area contributed by atoms with Gasteiger partial charge in [0.05, 0.1) is 28.2 Å². The molecule has 0 saturated heterocycles. The SMILES string of the molecule is Nc1ccc(C(=O)c2cnn(-c3ccccc3)c2)cc1Cl. The zero-order valence-corrected chi connectivity index (χ0v) is 11.8. The largest absolute Gasteiger partial charge is 0.398 e. The van der Waals surface area contributed by atoms with Gasteiger partial charge in [-0.15, -0.1) is 0 Å². The first-order valence-corrected chi connectivity index (χ1v) is 6.73. The molecule has 5 heteroatoms. The molecule has 0 aliphatic heterocycles. The first-order chi connectivity index (χ1) is 10.1. The van der Waals surface area contributed by atoms with Crippen LogP contribution in [0.15, 0.2) is 60.9 Å². The van der Waals surface area contributed by atoms with Crippen LogP contribution >= 0.6 is 11.6 Å². The van der Waals surface area contributed by atoms with Crippen molar-refractivity contribution in [3.8, 4) is 5.69 Å². The third-order valence-electron chi connectivity index (χ3n) is 3.13. The number of carbonyl (C=O) groups is 1. The van der Waals surface area contributed by atoms with Gasteiger partial charge in [-0.1, -0.05) is 29.8 Å². The Balaban J connectivity index is 1.92. The summed E-state index contributed by atoms with van der Waals surface area (Å²) < 4.78 is 1.66. The lowest BCUT2D eigenvalue weighted by molar-refractivity contribution is 0.103. The van der Waals surface area contributed by atoms with Gasteiger partial charge in [0.2, 0.25) is 0 Å². The number of anilines is 1. The first-order valence-electron chi connectivity index (χ1n) is 6.35. The number of nitrogen functional groups attached to an aromatic ring is 1. The normalized spacial score (nSPS) is 10.5. The van der Waals surface area contributed by atoms with Crippen LogP contribution in [0.2, 0.25) is 5.02 Å². The molecular formula is C16H12ClN3O. The second kappa shape index (κ2) is 5.42. The van der Waals surface area contributed by atoms with Crippen molar-refractivity contribution in [1.29, 1.82) is 0 Å². The monoisotopic (exact) mass is 297 g/mol. The van der Waals surface area contributed by atoms with Gasteiger partial charge in [-0.2, -0.15) is 5.10 Å². The number of benzene rings is 2. The van der Waals surface area contributed by atoms with E-state index in [4.69, 9.17) is 17.3 Å². The number of nitrogens with zero attached hydrogens (tertiary/aromatic N) is 2. The van der Waals surface area contributed by atoms with Gasteiger partial charge in [0.1, 0.15) is 0 Å². The maximum Gasteiger partial charge on any atom is 0.196 e. The van der Waals surface area contributed by atoms with E-state index in [0.29, 0.717) is 21.8 Å². The topological polar surface area (TPSA) is 60.9 Å². The van der Waals surface area contributed by atoms with E-state index in [0.717, 1.165) is 5.69 Å². The number of carbonyl (C=O) groups excluding carboxylic acids is 1. The van der Waals surface area contributed by atoms with Gasteiger partial charge in [-0.25, -0.2) is 4.68 Å². The summed E-state index contributed by atoms with van der Waals surface area (Å²) in [6, 6.07) is 14.4. The van der Waals surface area contributed by atoms with Crippen LogP contribution in [0.5, 0.6) is 0 Å². The van der Waals surface area contributed by atoms with Crippen LogP contribution in [-0.2, 0) is 0 Å². The molecule has 2 aromatic carbocycles. The Morgan fingerprint density at radius 1 is 1.10 bits per heavy atom. The van der Waals surface area contributed by atoms with Crippen molar-refractivity contribution in [3.63, 3.8) is 0 Å². The molecule has 0 fully saturated rings. The third kappa shape index (κ3) is 2.66. The summed E-state index contributed by atoms with van der Waals surface area (Å²) in [6.45, 7) is 0. The summed E-state index contributed by atoms with van der Waals surface area (Å²) in [6.07, 6.45) is 3.24. The molecule has 104 valence electrons. The maximum atomic E-state index is 12.4. The Hall–Kier alpha value is -2.59. The van der Waals surface area contributed by atoms with Crippen LogP contribution in [0.3, 0.4) is 0 Å². The zero-order chi connectivity index (χ0) is 14.8. The lowest BCUT2D eigenvalue weighted by atomic mass is 10.1. The van der Waals surface area contributed by atoms with E-state index in [1.807, 2.05) is 30.3 Å². The minimum atomic E-state index is -0.140. The molecule has 0 radical (unpaired) electrons. The molecule has 0 saturated carbocycles. The van der Waals surface area contributed by atoms with Crippen LogP contribution in [0.1, 0.15) is 15.9 Å². The highest BCUT2D eigenvalue weighted by Crippen LogP contribution is 2.21. The zero-order valence-electron chi connectivity index (χ0n) is 11.0. The van der Waals surface area contributed by atoms with Crippen molar-refractivity contribution in [1.82, 2.24) is 9.78 Å². The minimum absolute atomic E-state index is 0.140. The molecule has 0 bridgehead atoms. The minimum Gasteiger partial charge on any atom is -0.398 e. The second-order valence-electron chi connectivity index (χ2n) is 4.57. The van der Waals surface area contributed by atoms with Crippen molar-refractivity contribution in [2.75, 3.05) is 5.73 Å². The number of hydrogen-bond donors (Lipinski definition) is 1. The Bertz CT molecular complexity index is 796. The fourth-order valence-corrected chi connectivity index (χ4v) is 2.18. The van der Waals surface area contributed by atoms with E-state index in [1.165, 1.54) is 0 Å². The number of rotatable bonds is 3. The number of ketones is 1. The third-order valence-corrected chi connectivity index (χ3v) is 3.46. The molecule has 0 aliphatic carbocycles. The van der Waals surface area contributed by atoms with Gasteiger partial charge in [-0.3, -0.25) is 4.79 Å². The highest BCUT2D eigenvalue weighted by molar-refractivity contribution is 6.33. The van der Waals surface area contributed by atoms with E-state index < -0.39 is 0 Å². The number of halogens is 1. The molecule has 3 aromatic rings. The summed E-state index contributed by atoms with van der Waals surface area (Å²) in [7, 11) is 0. The quantitative estimate of drug-likeness (QED) is 0.596. The van der Waals surface area contributed by atoms with E-state index >= 15 is 0 Å². The molecule has 0 amide bonds. The molecule has 0 unspecified atom stereocenters. The molecular weight excluding hydrogens is 286 g/mol. The summed E-state index contributed by atoms with van der Waals surface area (Å²) in [5.74, 6) is -0.140. The molecule has 1 heterocycles. The fraction of sp³-hybridized carbons (Fsp3) is 0. The molecule has 0 atom stereocenters. The van der Waals surface area contributed by atoms with Gasteiger partial charge in [0.15, 0.2) is 5.78 Å². The lowest BCUT2D eigenvalue weighted by Gasteiger charge is -2.02. The summed E-state index contributed by atoms with van der Waals surface area (Å²) in [5.41, 5.74) is 7.98. The van der Waals surface area contributed by atoms with Crippen molar-refractivity contribution in [3.05, 3.63) is 77.1 Å². The number of aromatic nitrogens is 2. The van der Waals surface area contributed by atoms with Gasteiger partial charge >= 0.3 is 0 Å². The van der Waals surface area contributed by atoms with E-state index in [2.05, 4.69) is 5.10 Å². The Morgan fingerprint density at radius 2 is 1.86 bits per heavy atom. The molecule has 4 nitrogen and oxygen atoms in total. The van der Waals surface area contributed by atoms with Crippen LogP contribution in [0.25, 0.3) is 5.69 Å². The predicted molar refractivity (Wildman–Crippen MR) is 82.9 cm³/mol. The van der Waals surface area contributed by atoms with Gasteiger partial charge in [0.25, 0.3) is 0 Å². The Morgan fingerprint density at radius 3 is 2.57 bits per heavy atom. The van der Waals surface area contributed by atoms with Crippen LogP contribution in [0.4, 0.5) is 5.69 Å². The predicted octanol–water partition coefficient (Wildman–Crippen LogP) is 3.34. The highest BCUT2D eigenvalue weighted by atomic mass is 35.5. The highest BCUT2D eigenvalue weighted by Gasteiger charge is 2.13. The van der Waals surface area contributed by atoms with Gasteiger partial charge in [0, 0.05) is 11.8 Å². The smallest absolute Gasteiger partial charge is 0.196 e. The van der Waals surface area contributed by atoms with Crippen molar-refractivity contribution in [2.24, 2.45) is 0 Å². The molecule has 1 aromatic heterocycles. The lowest BCUT2D eigenvalue weighted by Crippen LogP contribution is -2.01. The molecule has 3 rings (SSSR count). The summed E-state index contributed by atoms with van der Waals surface area (Å²) in [5, 5.41) is 4.58. The van der Waals surface area contributed by atoms with Crippen molar-refractivity contribution >= 4 is 23.1 Å². The number of nitrogens with two attached hydrogens (primary N) is 1. The van der Waals surface area contributed by atoms with E-state index in [-0.39, 0.29) is 5.78 Å². The average Bonchev–Trinajstić information content (AvgIpc) is 3.00. The van der Waals surface area contributed by atoms with Crippen molar-refractivity contribution in [2.45, 2.75) is 0 Å². The number of para-hydroxylation sites is 1. The molecule has 21 heavy (non-hydrogen) atoms. The van der Waals surface area contributed by atoms with Crippen molar-refractivity contribution < 1.29 is 4.79 Å². The maximum absolute atomic E-state index is 12.4. The molecule has 0 aliphatic rings. The Labute approximate surface area is 126 Å². The molecule has 0 spiro atoms. The van der Waals surface area contributed by atoms with Crippen LogP contribution in [0, 0.1) is 0 Å². The summed E-state index contributed by atoms with van der Waals surface area (Å²) in [4.78, 5) is 12.4. The van der Waals surface area contributed by atoms with Gasteiger partial charge in [-0.05, 0) is 30.3 Å². The summed E-state index contributed by atoms with van der Waals surface area (Å²) >= 11 is 5.95. The molecule has 2 N–H and O–H groups in total.